The zero-order valence-electron chi connectivity index (χ0n) is 20.4. The van der Waals surface area contributed by atoms with E-state index >= 15 is 0 Å². The van der Waals surface area contributed by atoms with Gasteiger partial charge in [0.1, 0.15) is 5.76 Å². The monoisotopic (exact) mass is 447 g/mol. The van der Waals surface area contributed by atoms with Gasteiger partial charge in [0.15, 0.2) is 0 Å². The first-order valence-corrected chi connectivity index (χ1v) is 12.3. The van der Waals surface area contributed by atoms with Crippen LogP contribution >= 0.6 is 0 Å². The fraction of sp³-hybridized carbons (Fsp3) is 0.517. The number of nitrogens with one attached hydrogen (secondary N) is 1. The van der Waals surface area contributed by atoms with Gasteiger partial charge in [0, 0.05) is 18.2 Å². The van der Waals surface area contributed by atoms with Crippen LogP contribution < -0.4 is 5.32 Å². The van der Waals surface area contributed by atoms with Gasteiger partial charge in [-0.3, -0.25) is 9.59 Å². The van der Waals surface area contributed by atoms with Crippen molar-refractivity contribution in [1.82, 2.24) is 5.32 Å². The number of benzene rings is 1. The molecular formula is C29H37NO3. The summed E-state index contributed by atoms with van der Waals surface area (Å²) < 4.78 is 0. The Morgan fingerprint density at radius 3 is 2.58 bits per heavy atom. The zero-order chi connectivity index (χ0) is 23.8. The van der Waals surface area contributed by atoms with Crippen molar-refractivity contribution in [3.05, 3.63) is 70.6 Å². The lowest BCUT2D eigenvalue weighted by atomic mass is 9.51. The molecule has 0 unspecified atom stereocenters. The van der Waals surface area contributed by atoms with Crippen LogP contribution in [0.2, 0.25) is 0 Å². The second kappa shape index (κ2) is 8.96. The van der Waals surface area contributed by atoms with E-state index < -0.39 is 11.6 Å². The summed E-state index contributed by atoms with van der Waals surface area (Å²) in [6.07, 6.45) is 9.31. The molecule has 4 heteroatoms. The van der Waals surface area contributed by atoms with Crippen LogP contribution in [0, 0.1) is 22.7 Å². The van der Waals surface area contributed by atoms with Gasteiger partial charge in [-0.2, -0.15) is 0 Å². The van der Waals surface area contributed by atoms with Gasteiger partial charge < -0.3 is 10.4 Å². The molecule has 4 rings (SSSR count). The minimum absolute atomic E-state index is 0.0488. The third-order valence-corrected chi connectivity index (χ3v) is 8.51. The van der Waals surface area contributed by atoms with Crippen molar-refractivity contribution >= 4 is 11.6 Å². The van der Waals surface area contributed by atoms with Crippen molar-refractivity contribution < 1.29 is 14.7 Å². The highest BCUT2D eigenvalue weighted by atomic mass is 16.3. The number of Topliss-reactive ketones (excluding diaryl/α,β-unsaturated/α-hetero) is 1. The van der Waals surface area contributed by atoms with Gasteiger partial charge >= 0.3 is 0 Å². The lowest BCUT2D eigenvalue weighted by Crippen LogP contribution is -2.45. The van der Waals surface area contributed by atoms with E-state index in [9.17, 15) is 14.7 Å². The molecule has 0 heterocycles. The van der Waals surface area contributed by atoms with E-state index in [1.165, 1.54) is 30.1 Å². The first-order valence-electron chi connectivity index (χ1n) is 12.3. The van der Waals surface area contributed by atoms with Gasteiger partial charge in [-0.25, -0.2) is 0 Å². The molecule has 1 saturated carbocycles. The average molecular weight is 448 g/mol. The van der Waals surface area contributed by atoms with Crippen molar-refractivity contribution in [2.45, 2.75) is 66.2 Å². The second-order valence-corrected chi connectivity index (χ2v) is 11.0. The Labute approximate surface area is 197 Å². The van der Waals surface area contributed by atoms with E-state index in [1.807, 2.05) is 18.2 Å². The van der Waals surface area contributed by atoms with Crippen molar-refractivity contribution in [2.24, 2.45) is 22.7 Å². The summed E-state index contributed by atoms with van der Waals surface area (Å²) in [4.78, 5) is 25.5. The van der Waals surface area contributed by atoms with Crippen molar-refractivity contribution in [3.8, 4) is 0 Å². The fourth-order valence-electron chi connectivity index (χ4n) is 6.19. The third-order valence-electron chi connectivity index (χ3n) is 8.51. The number of rotatable bonds is 6. The van der Waals surface area contributed by atoms with Crippen LogP contribution in [0.4, 0.5) is 0 Å². The molecule has 0 radical (unpaired) electrons. The number of aliphatic hydroxyl groups is 1. The Morgan fingerprint density at radius 2 is 1.85 bits per heavy atom. The summed E-state index contributed by atoms with van der Waals surface area (Å²) in [7, 11) is 0. The number of ketones is 2. The molecule has 0 saturated heterocycles. The van der Waals surface area contributed by atoms with Crippen LogP contribution in [0.15, 0.2) is 65.1 Å². The first-order chi connectivity index (χ1) is 15.6. The van der Waals surface area contributed by atoms with E-state index in [1.54, 1.807) is 0 Å². The minimum Gasteiger partial charge on any atom is -0.505 e. The number of carbonyl (C=O) groups is 2. The molecule has 0 spiro atoms. The van der Waals surface area contributed by atoms with E-state index in [4.69, 9.17) is 0 Å². The predicted molar refractivity (Wildman–Crippen MR) is 132 cm³/mol. The number of aliphatic hydroxyl groups excluding tert-OH is 1. The highest BCUT2D eigenvalue weighted by Gasteiger charge is 2.49. The summed E-state index contributed by atoms with van der Waals surface area (Å²) in [6.45, 7) is 9.73. The van der Waals surface area contributed by atoms with E-state index in [-0.39, 0.29) is 22.2 Å². The molecule has 3 atom stereocenters. The minimum atomic E-state index is -0.555. The predicted octanol–water partition coefficient (Wildman–Crippen LogP) is 5.86. The molecule has 33 heavy (non-hydrogen) atoms. The van der Waals surface area contributed by atoms with Crippen LogP contribution in [0.5, 0.6) is 0 Å². The molecule has 1 aromatic carbocycles. The Hall–Kier alpha value is -2.62. The number of allylic oxidation sites excluding steroid dienone is 4. The largest absolute Gasteiger partial charge is 0.505 e. The molecule has 2 N–H and O–H groups in total. The average Bonchev–Trinajstić information content (AvgIpc) is 2.78. The Kier molecular flexibility index (Phi) is 6.39. The smallest absolute Gasteiger partial charge is 0.232 e. The molecule has 0 amide bonds. The maximum Gasteiger partial charge on any atom is 0.232 e. The molecule has 1 fully saturated rings. The summed E-state index contributed by atoms with van der Waals surface area (Å²) in [6, 6.07) is 10.1. The van der Waals surface area contributed by atoms with Crippen LogP contribution in [-0.4, -0.2) is 23.2 Å². The number of hydrogen-bond acceptors (Lipinski definition) is 4. The zero-order valence-corrected chi connectivity index (χ0v) is 20.4. The van der Waals surface area contributed by atoms with E-state index in [0.717, 1.165) is 19.3 Å². The van der Waals surface area contributed by atoms with E-state index in [2.05, 4.69) is 51.2 Å². The first kappa shape index (κ1) is 23.5. The van der Waals surface area contributed by atoms with Crippen LogP contribution in [0.3, 0.4) is 0 Å². The molecular weight excluding hydrogens is 410 g/mol. The molecule has 0 aliphatic heterocycles. The summed E-state index contributed by atoms with van der Waals surface area (Å²) >= 11 is 0. The summed E-state index contributed by atoms with van der Waals surface area (Å²) in [5, 5.41) is 14.3. The molecule has 1 aromatic rings. The standard InChI is InChI=1S/C29H37NO3/c1-19-12-13-22-23(11-8-15-28(22,2)3)29(19,4)18-21-26(32)24(17-25(31)27(21)33)30-16-14-20-9-6-5-7-10-20/h5-7,9-10,13,17,19,23,30,32H,8,11-12,14-16,18H2,1-4H3/t19-,23+,29+/m0/s1. The highest BCUT2D eigenvalue weighted by Crippen LogP contribution is 2.58. The number of hydrogen-bond donors (Lipinski definition) is 2. The van der Waals surface area contributed by atoms with Gasteiger partial charge in [0.05, 0.1) is 5.70 Å². The van der Waals surface area contributed by atoms with Crippen molar-refractivity contribution in [1.29, 1.82) is 0 Å². The van der Waals surface area contributed by atoms with Gasteiger partial charge in [0.2, 0.25) is 11.6 Å². The SMILES string of the molecule is C[C@H]1CC=C2[C@@H](CCCC2(C)C)[C@]1(C)CC1=C(O)C(NCCc2ccccc2)=CC(=O)C1=O. The van der Waals surface area contributed by atoms with Crippen molar-refractivity contribution in [2.75, 3.05) is 6.54 Å². The molecule has 0 bridgehead atoms. The second-order valence-electron chi connectivity index (χ2n) is 11.0. The normalized spacial score (nSPS) is 29.3. The molecule has 4 nitrogen and oxygen atoms in total. The maximum atomic E-state index is 12.9. The fourth-order valence-corrected chi connectivity index (χ4v) is 6.19. The Morgan fingerprint density at radius 1 is 1.12 bits per heavy atom. The molecule has 0 aromatic heterocycles. The van der Waals surface area contributed by atoms with Crippen LogP contribution in [0.1, 0.15) is 65.4 Å². The lowest BCUT2D eigenvalue weighted by Gasteiger charge is -2.53. The third kappa shape index (κ3) is 4.45. The molecule has 3 aliphatic carbocycles. The maximum absolute atomic E-state index is 12.9. The number of carbonyl (C=O) groups excluding carboxylic acids is 2. The Bertz CT molecular complexity index is 1030. The Balaban J connectivity index is 1.58. The van der Waals surface area contributed by atoms with Crippen LogP contribution in [0.25, 0.3) is 0 Å². The van der Waals surface area contributed by atoms with Crippen LogP contribution in [-0.2, 0) is 16.0 Å². The van der Waals surface area contributed by atoms with Gasteiger partial charge in [-0.1, -0.05) is 76.1 Å². The van der Waals surface area contributed by atoms with Crippen molar-refractivity contribution in [3.63, 3.8) is 0 Å². The van der Waals surface area contributed by atoms with E-state index in [0.29, 0.717) is 30.5 Å². The topological polar surface area (TPSA) is 66.4 Å². The summed E-state index contributed by atoms with van der Waals surface area (Å²) in [5.74, 6) is -0.415. The molecule has 3 aliphatic rings. The highest BCUT2D eigenvalue weighted by molar-refractivity contribution is 6.48. The summed E-state index contributed by atoms with van der Waals surface area (Å²) in [5.41, 5.74) is 3.32. The van der Waals surface area contributed by atoms with Gasteiger partial charge in [-0.15, -0.1) is 0 Å². The van der Waals surface area contributed by atoms with Gasteiger partial charge in [-0.05, 0) is 60.3 Å². The number of fused-ring (bicyclic) bond motifs is 1. The lowest BCUT2D eigenvalue weighted by molar-refractivity contribution is -0.132. The quantitative estimate of drug-likeness (QED) is 0.326. The molecule has 176 valence electrons. The van der Waals surface area contributed by atoms with Gasteiger partial charge in [0.25, 0.3) is 0 Å².